The Labute approximate surface area is 116 Å². The van der Waals surface area contributed by atoms with Crippen molar-refractivity contribution in [3.8, 4) is 0 Å². The minimum atomic E-state index is -0.853. The van der Waals surface area contributed by atoms with Crippen LogP contribution in [-0.4, -0.2) is 35.5 Å². The van der Waals surface area contributed by atoms with Crippen molar-refractivity contribution in [3.63, 3.8) is 0 Å². The van der Waals surface area contributed by atoms with Crippen molar-refractivity contribution in [2.75, 3.05) is 6.54 Å². The first-order valence-corrected chi connectivity index (χ1v) is 6.32. The lowest BCUT2D eigenvalue weighted by molar-refractivity contribution is -0.137. The van der Waals surface area contributed by atoms with Crippen LogP contribution in [0.3, 0.4) is 0 Å². The van der Waals surface area contributed by atoms with Crippen LogP contribution in [0.5, 0.6) is 0 Å². The third kappa shape index (κ3) is 6.03. The van der Waals surface area contributed by atoms with Gasteiger partial charge in [0.1, 0.15) is 0 Å². The monoisotopic (exact) mass is 282 g/mol. The standard InChI is InChI=1S/C13H18N2O5/c1-9(4-2-6-12(17)18)15-11(16)8-14-13(19)10-5-3-7-20-10/h3,5,7,9H,2,4,6,8H2,1H3,(H,14,19)(H,15,16)(H,17,18). The van der Waals surface area contributed by atoms with E-state index in [1.54, 1.807) is 13.0 Å². The molecular formula is C13H18N2O5. The predicted molar refractivity (Wildman–Crippen MR) is 70.1 cm³/mol. The molecule has 0 radical (unpaired) electrons. The summed E-state index contributed by atoms with van der Waals surface area (Å²) < 4.78 is 4.88. The molecule has 3 N–H and O–H groups in total. The fraction of sp³-hybridized carbons (Fsp3) is 0.462. The molecule has 1 aromatic rings. The van der Waals surface area contributed by atoms with Gasteiger partial charge in [0.15, 0.2) is 5.76 Å². The van der Waals surface area contributed by atoms with Gasteiger partial charge in [-0.25, -0.2) is 0 Å². The molecule has 0 saturated carbocycles. The molecule has 7 heteroatoms. The van der Waals surface area contributed by atoms with E-state index in [1.165, 1.54) is 12.3 Å². The van der Waals surface area contributed by atoms with Crippen LogP contribution < -0.4 is 10.6 Å². The van der Waals surface area contributed by atoms with E-state index in [1.807, 2.05) is 0 Å². The van der Waals surface area contributed by atoms with E-state index < -0.39 is 11.9 Å². The second-order valence-electron chi connectivity index (χ2n) is 4.41. The number of hydrogen-bond acceptors (Lipinski definition) is 4. The Morgan fingerprint density at radius 1 is 1.40 bits per heavy atom. The van der Waals surface area contributed by atoms with E-state index >= 15 is 0 Å². The Balaban J connectivity index is 2.19. The van der Waals surface area contributed by atoms with Crippen molar-refractivity contribution < 1.29 is 23.9 Å². The lowest BCUT2D eigenvalue weighted by Crippen LogP contribution is -2.40. The SMILES string of the molecule is CC(CCCC(=O)O)NC(=O)CNC(=O)c1ccco1. The van der Waals surface area contributed by atoms with Crippen LogP contribution in [0.1, 0.15) is 36.7 Å². The molecule has 0 aromatic carbocycles. The lowest BCUT2D eigenvalue weighted by atomic mass is 10.1. The van der Waals surface area contributed by atoms with Gasteiger partial charge < -0.3 is 20.2 Å². The van der Waals surface area contributed by atoms with E-state index in [0.29, 0.717) is 12.8 Å². The zero-order chi connectivity index (χ0) is 15.0. The summed E-state index contributed by atoms with van der Waals surface area (Å²) in [6.07, 6.45) is 2.52. The van der Waals surface area contributed by atoms with E-state index in [9.17, 15) is 14.4 Å². The molecule has 0 fully saturated rings. The summed E-state index contributed by atoms with van der Waals surface area (Å²) >= 11 is 0. The highest BCUT2D eigenvalue weighted by Gasteiger charge is 2.12. The van der Waals surface area contributed by atoms with Crippen molar-refractivity contribution in [2.24, 2.45) is 0 Å². The first-order chi connectivity index (χ1) is 9.49. The van der Waals surface area contributed by atoms with Crippen LogP contribution in [0, 0.1) is 0 Å². The topological polar surface area (TPSA) is 109 Å². The Bertz CT molecular complexity index is 455. The Hall–Kier alpha value is -2.31. The highest BCUT2D eigenvalue weighted by molar-refractivity contribution is 5.94. The molecule has 110 valence electrons. The number of amides is 2. The highest BCUT2D eigenvalue weighted by atomic mass is 16.4. The molecule has 0 saturated heterocycles. The minimum absolute atomic E-state index is 0.0788. The van der Waals surface area contributed by atoms with Gasteiger partial charge in [0, 0.05) is 12.5 Å². The number of nitrogens with one attached hydrogen (secondary N) is 2. The normalized spacial score (nSPS) is 11.7. The van der Waals surface area contributed by atoms with E-state index in [4.69, 9.17) is 9.52 Å². The van der Waals surface area contributed by atoms with Gasteiger partial charge in [-0.15, -0.1) is 0 Å². The second kappa shape index (κ2) is 7.98. The molecule has 0 aliphatic rings. The molecule has 7 nitrogen and oxygen atoms in total. The van der Waals surface area contributed by atoms with Crippen LogP contribution in [-0.2, 0) is 9.59 Å². The zero-order valence-corrected chi connectivity index (χ0v) is 11.2. The highest BCUT2D eigenvalue weighted by Crippen LogP contribution is 2.01. The van der Waals surface area contributed by atoms with E-state index in [2.05, 4.69) is 10.6 Å². The van der Waals surface area contributed by atoms with Crippen LogP contribution in [0.25, 0.3) is 0 Å². The Morgan fingerprint density at radius 2 is 2.15 bits per heavy atom. The van der Waals surface area contributed by atoms with Crippen LogP contribution in [0.15, 0.2) is 22.8 Å². The maximum Gasteiger partial charge on any atom is 0.303 e. The van der Waals surface area contributed by atoms with Gasteiger partial charge in [-0.3, -0.25) is 14.4 Å². The maximum absolute atomic E-state index is 11.6. The molecule has 2 amide bonds. The summed E-state index contributed by atoms with van der Waals surface area (Å²) in [7, 11) is 0. The quantitative estimate of drug-likeness (QED) is 0.652. The van der Waals surface area contributed by atoms with Gasteiger partial charge >= 0.3 is 5.97 Å². The lowest BCUT2D eigenvalue weighted by Gasteiger charge is -2.13. The van der Waals surface area contributed by atoms with Gasteiger partial charge in [0.25, 0.3) is 5.91 Å². The van der Waals surface area contributed by atoms with Crippen molar-refractivity contribution in [1.82, 2.24) is 10.6 Å². The summed E-state index contributed by atoms with van der Waals surface area (Å²) in [4.78, 5) is 33.4. The van der Waals surface area contributed by atoms with Gasteiger partial charge in [0.05, 0.1) is 12.8 Å². The molecule has 0 aliphatic carbocycles. The summed E-state index contributed by atoms with van der Waals surface area (Å²) in [6, 6.07) is 2.95. The van der Waals surface area contributed by atoms with Gasteiger partial charge in [-0.1, -0.05) is 0 Å². The molecule has 1 aromatic heterocycles. The smallest absolute Gasteiger partial charge is 0.303 e. The number of aliphatic carboxylic acids is 1. The molecule has 1 rings (SSSR count). The van der Waals surface area contributed by atoms with Crippen LogP contribution in [0.4, 0.5) is 0 Å². The van der Waals surface area contributed by atoms with E-state index in [0.717, 1.165) is 0 Å². The number of furan rings is 1. The summed E-state index contributed by atoms with van der Waals surface area (Å²) in [6.45, 7) is 1.64. The summed E-state index contributed by atoms with van der Waals surface area (Å²) in [5.74, 6) is -1.49. The van der Waals surface area contributed by atoms with Crippen LogP contribution >= 0.6 is 0 Å². The van der Waals surface area contributed by atoms with Crippen molar-refractivity contribution >= 4 is 17.8 Å². The first kappa shape index (κ1) is 15.7. The predicted octanol–water partition coefficient (Wildman–Crippen LogP) is 0.769. The Kier molecular flexibility index (Phi) is 6.28. The van der Waals surface area contributed by atoms with Gasteiger partial charge in [-0.2, -0.15) is 0 Å². The third-order valence-electron chi connectivity index (χ3n) is 2.59. The number of rotatable bonds is 8. The van der Waals surface area contributed by atoms with Crippen LogP contribution in [0.2, 0.25) is 0 Å². The number of carbonyl (C=O) groups is 3. The fourth-order valence-corrected chi connectivity index (χ4v) is 1.61. The number of carboxylic acid groups (broad SMARTS) is 1. The Morgan fingerprint density at radius 3 is 2.75 bits per heavy atom. The average molecular weight is 282 g/mol. The molecule has 20 heavy (non-hydrogen) atoms. The molecule has 0 aliphatic heterocycles. The molecule has 0 bridgehead atoms. The molecular weight excluding hydrogens is 264 g/mol. The van der Waals surface area contributed by atoms with Gasteiger partial charge in [0.2, 0.25) is 5.91 Å². The van der Waals surface area contributed by atoms with Crippen molar-refractivity contribution in [2.45, 2.75) is 32.2 Å². The molecule has 1 heterocycles. The zero-order valence-electron chi connectivity index (χ0n) is 11.2. The number of carbonyl (C=O) groups excluding carboxylic acids is 2. The fourth-order valence-electron chi connectivity index (χ4n) is 1.61. The van der Waals surface area contributed by atoms with Crippen molar-refractivity contribution in [3.05, 3.63) is 24.2 Å². The average Bonchev–Trinajstić information content (AvgIpc) is 2.89. The van der Waals surface area contributed by atoms with E-state index in [-0.39, 0.29) is 30.7 Å². The third-order valence-corrected chi connectivity index (χ3v) is 2.59. The number of carboxylic acids is 1. The first-order valence-electron chi connectivity index (χ1n) is 6.32. The molecule has 1 atom stereocenters. The largest absolute Gasteiger partial charge is 0.481 e. The molecule has 0 spiro atoms. The second-order valence-corrected chi connectivity index (χ2v) is 4.41. The van der Waals surface area contributed by atoms with Gasteiger partial charge in [-0.05, 0) is 31.9 Å². The summed E-state index contributed by atoms with van der Waals surface area (Å²) in [5.41, 5.74) is 0. The van der Waals surface area contributed by atoms with Crippen molar-refractivity contribution in [1.29, 1.82) is 0 Å². The molecule has 1 unspecified atom stereocenters. The minimum Gasteiger partial charge on any atom is -0.481 e. The summed E-state index contributed by atoms with van der Waals surface area (Å²) in [5, 5.41) is 13.6. The number of hydrogen-bond donors (Lipinski definition) is 3. The maximum atomic E-state index is 11.6.